The minimum absolute atomic E-state index is 0.151. The summed E-state index contributed by atoms with van der Waals surface area (Å²) in [6.07, 6.45) is -3.02. The number of anilines is 1. The molecule has 0 saturated heterocycles. The molecular weight excluding hydrogens is 435 g/mol. The highest BCUT2D eigenvalue weighted by atomic mass is 19.4. The zero-order valence-corrected chi connectivity index (χ0v) is 17.1. The molecule has 0 unspecified atom stereocenters. The number of carbonyl (C=O) groups is 2. The third kappa shape index (κ3) is 3.73. The zero-order valence-electron chi connectivity index (χ0n) is 17.1. The van der Waals surface area contributed by atoms with Gasteiger partial charge in [-0.3, -0.25) is 9.59 Å². The Balaban J connectivity index is 1.63. The van der Waals surface area contributed by atoms with Crippen LogP contribution in [0.2, 0.25) is 0 Å². The number of imide groups is 1. The van der Waals surface area contributed by atoms with E-state index in [1.807, 2.05) is 0 Å². The van der Waals surface area contributed by atoms with Crippen molar-refractivity contribution >= 4 is 29.2 Å². The lowest BCUT2D eigenvalue weighted by Crippen LogP contribution is -2.41. The van der Waals surface area contributed by atoms with Crippen LogP contribution >= 0.6 is 0 Å². The average Bonchev–Trinajstić information content (AvgIpc) is 2.81. The Kier molecular flexibility index (Phi) is 4.92. The number of hydrogen-bond acceptors (Lipinski definition) is 4. The molecule has 166 valence electrons. The number of rotatable bonds is 2. The van der Waals surface area contributed by atoms with Crippen molar-refractivity contribution in [3.8, 4) is 11.5 Å². The molecule has 2 aliphatic rings. The van der Waals surface area contributed by atoms with E-state index >= 15 is 0 Å². The predicted molar refractivity (Wildman–Crippen MR) is 115 cm³/mol. The molecule has 0 spiro atoms. The van der Waals surface area contributed by atoms with Gasteiger partial charge in [-0.15, -0.1) is 0 Å². The van der Waals surface area contributed by atoms with Gasteiger partial charge in [0.2, 0.25) is 0 Å². The van der Waals surface area contributed by atoms with Gasteiger partial charge in [0.15, 0.2) is 11.5 Å². The molecule has 2 heterocycles. The van der Waals surface area contributed by atoms with Gasteiger partial charge in [-0.2, -0.15) is 13.2 Å². The fraction of sp³-hybridized carbons (Fsp3) is 0.120. The Morgan fingerprint density at radius 2 is 1.52 bits per heavy atom. The fourth-order valence-corrected chi connectivity index (χ4v) is 3.86. The number of nitrogens with zero attached hydrogens (tertiary/aromatic N) is 1. The third-order valence-electron chi connectivity index (χ3n) is 5.39. The van der Waals surface area contributed by atoms with Gasteiger partial charge >= 0.3 is 6.18 Å². The molecule has 3 aromatic carbocycles. The Labute approximate surface area is 186 Å². The standard InChI is InChI=1S/C25H16F3NO4/c26-25(27,28)16-4-3-5-17(14-16)29-23(30)19-7-2-1-6-18(19)20(24(29)31)12-15-8-9-21-22(13-15)33-11-10-32-21/h1-9,12-14H,10-11H2/b20-12-. The monoisotopic (exact) mass is 451 g/mol. The number of halogens is 3. The van der Waals surface area contributed by atoms with Crippen LogP contribution in [0.4, 0.5) is 18.9 Å². The molecule has 33 heavy (non-hydrogen) atoms. The van der Waals surface area contributed by atoms with Crippen molar-refractivity contribution in [1.82, 2.24) is 0 Å². The number of amides is 2. The summed E-state index contributed by atoms with van der Waals surface area (Å²) in [6.45, 7) is 0.833. The molecule has 2 amide bonds. The van der Waals surface area contributed by atoms with E-state index in [1.165, 1.54) is 12.1 Å². The topological polar surface area (TPSA) is 55.8 Å². The number of fused-ring (bicyclic) bond motifs is 2. The third-order valence-corrected chi connectivity index (χ3v) is 5.39. The van der Waals surface area contributed by atoms with Crippen molar-refractivity contribution in [1.29, 1.82) is 0 Å². The Hall–Kier alpha value is -4.07. The summed E-state index contributed by atoms with van der Waals surface area (Å²) in [5.41, 5.74) is 0.332. The highest BCUT2D eigenvalue weighted by Crippen LogP contribution is 2.37. The van der Waals surface area contributed by atoms with Crippen LogP contribution < -0.4 is 14.4 Å². The lowest BCUT2D eigenvalue weighted by Gasteiger charge is -2.29. The normalized spacial score (nSPS) is 16.7. The van der Waals surface area contributed by atoms with Crippen molar-refractivity contribution < 1.29 is 32.2 Å². The highest BCUT2D eigenvalue weighted by Gasteiger charge is 2.37. The fourth-order valence-electron chi connectivity index (χ4n) is 3.86. The quantitative estimate of drug-likeness (QED) is 0.397. The van der Waals surface area contributed by atoms with Crippen molar-refractivity contribution in [3.63, 3.8) is 0 Å². The smallest absolute Gasteiger partial charge is 0.416 e. The van der Waals surface area contributed by atoms with Gasteiger partial charge in [0, 0.05) is 11.1 Å². The van der Waals surface area contributed by atoms with Crippen LogP contribution in [0.15, 0.2) is 66.7 Å². The maximum absolute atomic E-state index is 13.5. The number of benzene rings is 3. The van der Waals surface area contributed by atoms with Crippen molar-refractivity contribution in [2.45, 2.75) is 6.18 Å². The molecule has 0 fully saturated rings. The van der Waals surface area contributed by atoms with E-state index < -0.39 is 23.6 Å². The number of ether oxygens (including phenoxy) is 2. The van der Waals surface area contributed by atoms with Gasteiger partial charge in [0.05, 0.1) is 11.3 Å². The summed E-state index contributed by atoms with van der Waals surface area (Å²) in [5, 5.41) is 0. The van der Waals surface area contributed by atoms with Crippen LogP contribution in [0.1, 0.15) is 27.0 Å². The van der Waals surface area contributed by atoms with Crippen LogP contribution in [0.3, 0.4) is 0 Å². The Morgan fingerprint density at radius 3 is 2.27 bits per heavy atom. The maximum atomic E-state index is 13.5. The van der Waals surface area contributed by atoms with E-state index in [-0.39, 0.29) is 16.8 Å². The molecule has 2 aliphatic heterocycles. The summed E-state index contributed by atoms with van der Waals surface area (Å²) in [5.74, 6) is -0.292. The van der Waals surface area contributed by atoms with Crippen LogP contribution in [0, 0.1) is 0 Å². The molecule has 0 N–H and O–H groups in total. The van der Waals surface area contributed by atoms with Gasteiger partial charge in [0.1, 0.15) is 13.2 Å². The number of hydrogen-bond donors (Lipinski definition) is 0. The molecule has 8 heteroatoms. The molecular formula is C25H16F3NO4. The Bertz CT molecular complexity index is 1310. The van der Waals surface area contributed by atoms with Gasteiger partial charge in [-0.25, -0.2) is 4.90 Å². The largest absolute Gasteiger partial charge is 0.486 e. The van der Waals surface area contributed by atoms with E-state index in [0.29, 0.717) is 35.8 Å². The summed E-state index contributed by atoms with van der Waals surface area (Å²) in [7, 11) is 0. The first-order chi connectivity index (χ1) is 15.8. The van der Waals surface area contributed by atoms with Crippen LogP contribution in [0.5, 0.6) is 11.5 Å². The van der Waals surface area contributed by atoms with E-state index in [4.69, 9.17) is 9.47 Å². The van der Waals surface area contributed by atoms with Crippen molar-refractivity contribution in [2.24, 2.45) is 0 Å². The molecule has 0 saturated carbocycles. The van der Waals surface area contributed by atoms with E-state index in [9.17, 15) is 22.8 Å². The second kappa shape index (κ2) is 7.81. The lowest BCUT2D eigenvalue weighted by molar-refractivity contribution is -0.137. The second-order valence-electron chi connectivity index (χ2n) is 7.50. The van der Waals surface area contributed by atoms with Crippen LogP contribution in [-0.4, -0.2) is 25.0 Å². The number of carbonyl (C=O) groups excluding carboxylic acids is 2. The molecule has 0 bridgehead atoms. The van der Waals surface area contributed by atoms with E-state index in [1.54, 1.807) is 48.5 Å². The molecule has 3 aromatic rings. The zero-order chi connectivity index (χ0) is 23.2. The molecule has 5 rings (SSSR count). The SMILES string of the molecule is O=C1/C(=C\c2ccc3c(c2)OCCO3)c2ccccc2C(=O)N1c1cccc(C(F)(F)F)c1. The van der Waals surface area contributed by atoms with E-state index in [0.717, 1.165) is 17.0 Å². The van der Waals surface area contributed by atoms with Gasteiger partial charge in [0.25, 0.3) is 11.8 Å². The van der Waals surface area contributed by atoms with E-state index in [2.05, 4.69) is 0 Å². The molecule has 0 aromatic heterocycles. The first kappa shape index (κ1) is 20.8. The van der Waals surface area contributed by atoms with Gasteiger partial charge < -0.3 is 9.47 Å². The predicted octanol–water partition coefficient (Wildman–Crippen LogP) is 5.20. The molecule has 0 radical (unpaired) electrons. The molecule has 5 nitrogen and oxygen atoms in total. The minimum atomic E-state index is -4.61. The summed E-state index contributed by atoms with van der Waals surface area (Å²) >= 11 is 0. The second-order valence-corrected chi connectivity index (χ2v) is 7.50. The van der Waals surface area contributed by atoms with Crippen molar-refractivity contribution in [2.75, 3.05) is 18.1 Å². The minimum Gasteiger partial charge on any atom is -0.486 e. The lowest BCUT2D eigenvalue weighted by atomic mass is 9.91. The van der Waals surface area contributed by atoms with Gasteiger partial charge in [-0.1, -0.05) is 30.3 Å². The maximum Gasteiger partial charge on any atom is 0.416 e. The summed E-state index contributed by atoms with van der Waals surface area (Å²) < 4.78 is 50.9. The number of alkyl halides is 3. The first-order valence-corrected chi connectivity index (χ1v) is 10.1. The average molecular weight is 451 g/mol. The molecule has 0 atom stereocenters. The summed E-state index contributed by atoms with van der Waals surface area (Å²) in [4.78, 5) is 27.4. The Morgan fingerprint density at radius 1 is 0.788 bits per heavy atom. The van der Waals surface area contributed by atoms with Crippen molar-refractivity contribution in [3.05, 3.63) is 89.0 Å². The summed E-state index contributed by atoms with van der Waals surface area (Å²) in [6, 6.07) is 15.8. The van der Waals surface area contributed by atoms with Crippen LogP contribution in [-0.2, 0) is 11.0 Å². The molecule has 0 aliphatic carbocycles. The van der Waals surface area contributed by atoms with Crippen LogP contribution in [0.25, 0.3) is 11.6 Å². The van der Waals surface area contributed by atoms with Gasteiger partial charge in [-0.05, 0) is 53.6 Å². The first-order valence-electron chi connectivity index (χ1n) is 10.1. The highest BCUT2D eigenvalue weighted by molar-refractivity contribution is 6.43.